The van der Waals surface area contributed by atoms with Gasteiger partial charge in [0.15, 0.2) is 0 Å². The molecule has 2 aliphatic rings. The average molecular weight is 592 g/mol. The molecule has 9 nitrogen and oxygen atoms in total. The molecular weight excluding hydrogens is 546 g/mol. The third-order valence-corrected chi connectivity index (χ3v) is 7.78. The first-order chi connectivity index (χ1) is 20.7. The maximum absolute atomic E-state index is 13.1. The summed E-state index contributed by atoms with van der Waals surface area (Å²) in [7, 11) is 1.69. The lowest BCUT2D eigenvalue weighted by Gasteiger charge is -2.40. The van der Waals surface area contributed by atoms with Crippen LogP contribution in [0.1, 0.15) is 88.0 Å². The number of anilines is 1. The van der Waals surface area contributed by atoms with Crippen LogP contribution < -0.4 is 10.1 Å². The first-order valence-corrected chi connectivity index (χ1v) is 15.3. The minimum atomic E-state index is -0.594. The van der Waals surface area contributed by atoms with Crippen LogP contribution in [0.2, 0.25) is 0 Å². The van der Waals surface area contributed by atoms with E-state index in [0.717, 1.165) is 53.8 Å². The van der Waals surface area contributed by atoms with Gasteiger partial charge in [0.2, 0.25) is 5.91 Å². The average Bonchev–Trinajstić information content (AvgIpc) is 2.98. The fourth-order valence-electron chi connectivity index (χ4n) is 5.61. The summed E-state index contributed by atoms with van der Waals surface area (Å²) in [5, 5.41) is 11.8. The zero-order valence-corrected chi connectivity index (χ0v) is 25.9. The van der Waals surface area contributed by atoms with Gasteiger partial charge in [0.1, 0.15) is 11.4 Å². The van der Waals surface area contributed by atoms with Gasteiger partial charge in [-0.15, -0.1) is 0 Å². The number of carbonyl (C=O) groups excluding carboxylic acids is 2. The van der Waals surface area contributed by atoms with E-state index in [1.54, 1.807) is 12.0 Å². The Hall–Kier alpha value is -3.61. The van der Waals surface area contributed by atoms with Crippen molar-refractivity contribution in [1.29, 1.82) is 5.26 Å². The third kappa shape index (κ3) is 9.44. The number of amides is 2. The molecule has 232 valence electrons. The molecule has 0 bridgehead atoms. The Balaban J connectivity index is 1.58. The second-order valence-corrected chi connectivity index (χ2v) is 12.3. The molecule has 2 aromatic rings. The number of unbranched alkanes of at least 4 members (excludes halogenated alkanes) is 1. The zero-order valence-electron chi connectivity index (χ0n) is 25.9. The Morgan fingerprint density at radius 2 is 1.91 bits per heavy atom. The fourth-order valence-corrected chi connectivity index (χ4v) is 5.61. The lowest BCUT2D eigenvalue weighted by molar-refractivity contribution is -0.116. The summed E-state index contributed by atoms with van der Waals surface area (Å²) in [4.78, 5) is 27.0. The molecule has 9 heteroatoms. The van der Waals surface area contributed by atoms with Gasteiger partial charge in [-0.3, -0.25) is 4.79 Å². The van der Waals surface area contributed by atoms with Crippen LogP contribution in [-0.4, -0.2) is 62.0 Å². The van der Waals surface area contributed by atoms with Crippen molar-refractivity contribution in [1.82, 2.24) is 4.90 Å². The number of hydrogen-bond acceptors (Lipinski definition) is 7. The predicted octanol–water partition coefficient (Wildman–Crippen LogP) is 6.53. The summed E-state index contributed by atoms with van der Waals surface area (Å²) in [6.45, 7) is 7.68. The standard InChI is InChI=1S/C34H45N3O6/c1-34(2,3)43-33(39)37-19-17-28(24-11-14-27(15-12-24)41-21-6-5-18-35)31(23-37)42-30(8-7-20-40-4)26-10-9-25-13-16-32(38)36-29(25)22-26/h9-12,14-15,22,28,30-31H,5-8,13,16-17,19-21,23H2,1-4H3,(H,36,38). The molecule has 43 heavy (non-hydrogen) atoms. The van der Waals surface area contributed by atoms with Crippen molar-refractivity contribution in [2.24, 2.45) is 0 Å². The minimum absolute atomic E-state index is 0.0272. The molecule has 1 N–H and O–H groups in total. The quantitative estimate of drug-likeness (QED) is 0.279. The van der Waals surface area contributed by atoms with E-state index in [1.807, 2.05) is 39.0 Å². The number of piperidine rings is 1. The van der Waals surface area contributed by atoms with Gasteiger partial charge < -0.3 is 29.2 Å². The van der Waals surface area contributed by atoms with Crippen molar-refractivity contribution in [2.45, 2.75) is 89.4 Å². The lowest BCUT2D eigenvalue weighted by Crippen LogP contribution is -2.48. The number of nitriles is 1. The summed E-state index contributed by atoms with van der Waals surface area (Å²) < 4.78 is 23.8. The smallest absolute Gasteiger partial charge is 0.410 e. The number of benzene rings is 2. The molecule has 0 radical (unpaired) electrons. The van der Waals surface area contributed by atoms with Gasteiger partial charge in [-0.25, -0.2) is 4.79 Å². The van der Waals surface area contributed by atoms with Crippen molar-refractivity contribution < 1.29 is 28.5 Å². The number of carbonyl (C=O) groups is 2. The highest BCUT2D eigenvalue weighted by Crippen LogP contribution is 2.37. The largest absolute Gasteiger partial charge is 0.494 e. The number of hydrogen-bond donors (Lipinski definition) is 1. The molecular formula is C34H45N3O6. The Labute approximate surface area is 255 Å². The molecule has 2 amide bonds. The second-order valence-electron chi connectivity index (χ2n) is 12.3. The molecule has 1 saturated heterocycles. The summed E-state index contributed by atoms with van der Waals surface area (Å²) >= 11 is 0. The van der Waals surface area contributed by atoms with Crippen LogP contribution in [0.4, 0.5) is 10.5 Å². The van der Waals surface area contributed by atoms with E-state index in [1.165, 1.54) is 0 Å². The number of aryl methyl sites for hydroxylation is 1. The van der Waals surface area contributed by atoms with Gasteiger partial charge in [0, 0.05) is 44.7 Å². The van der Waals surface area contributed by atoms with E-state index in [-0.39, 0.29) is 30.1 Å². The summed E-state index contributed by atoms with van der Waals surface area (Å²) in [5.74, 6) is 0.840. The van der Waals surface area contributed by atoms with E-state index in [2.05, 4.69) is 35.7 Å². The molecule has 0 saturated carbocycles. The molecule has 2 aliphatic heterocycles. The second kappa shape index (κ2) is 15.2. The maximum Gasteiger partial charge on any atom is 0.410 e. The van der Waals surface area contributed by atoms with Crippen LogP contribution >= 0.6 is 0 Å². The first-order valence-electron chi connectivity index (χ1n) is 15.3. The Bertz CT molecular complexity index is 1270. The predicted molar refractivity (Wildman–Crippen MR) is 164 cm³/mol. The highest BCUT2D eigenvalue weighted by Gasteiger charge is 2.37. The van der Waals surface area contributed by atoms with Crippen LogP contribution in [0.3, 0.4) is 0 Å². The Kier molecular flexibility index (Phi) is 11.4. The molecule has 3 unspecified atom stereocenters. The van der Waals surface area contributed by atoms with Crippen LogP contribution in [0, 0.1) is 11.3 Å². The van der Waals surface area contributed by atoms with Crippen LogP contribution in [0.5, 0.6) is 5.75 Å². The summed E-state index contributed by atoms with van der Waals surface area (Å²) in [5.41, 5.74) is 3.48. The Morgan fingerprint density at radius 3 is 2.63 bits per heavy atom. The number of methoxy groups -OCH3 is 1. The number of fused-ring (bicyclic) bond motifs is 1. The van der Waals surface area contributed by atoms with E-state index < -0.39 is 5.60 Å². The SMILES string of the molecule is COCCCC(OC1CN(C(=O)OC(C)(C)C)CCC1c1ccc(OCCCC#N)cc1)c1ccc2c(c1)NC(=O)CC2. The van der Waals surface area contributed by atoms with E-state index in [4.69, 9.17) is 24.2 Å². The fraction of sp³-hybridized carbons (Fsp3) is 0.559. The van der Waals surface area contributed by atoms with Crippen molar-refractivity contribution in [2.75, 3.05) is 38.7 Å². The highest BCUT2D eigenvalue weighted by atomic mass is 16.6. The van der Waals surface area contributed by atoms with Crippen molar-refractivity contribution in [3.63, 3.8) is 0 Å². The molecule has 3 atom stereocenters. The van der Waals surface area contributed by atoms with Crippen LogP contribution in [0.15, 0.2) is 42.5 Å². The molecule has 0 spiro atoms. The van der Waals surface area contributed by atoms with Gasteiger partial charge in [-0.2, -0.15) is 5.26 Å². The number of nitrogens with zero attached hydrogens (tertiary/aromatic N) is 2. The summed E-state index contributed by atoms with van der Waals surface area (Å²) in [6, 6.07) is 16.4. The van der Waals surface area contributed by atoms with Crippen LogP contribution in [-0.2, 0) is 25.4 Å². The van der Waals surface area contributed by atoms with Gasteiger partial charge in [0.05, 0.1) is 31.4 Å². The van der Waals surface area contributed by atoms with Crippen molar-refractivity contribution >= 4 is 17.7 Å². The van der Waals surface area contributed by atoms with E-state index in [9.17, 15) is 9.59 Å². The Morgan fingerprint density at radius 1 is 1.12 bits per heavy atom. The van der Waals surface area contributed by atoms with Gasteiger partial charge in [0.25, 0.3) is 0 Å². The molecule has 4 rings (SSSR count). The molecule has 0 aromatic heterocycles. The van der Waals surface area contributed by atoms with Crippen molar-refractivity contribution in [3.8, 4) is 11.8 Å². The topological polar surface area (TPSA) is 110 Å². The number of rotatable bonds is 12. The van der Waals surface area contributed by atoms with Crippen LogP contribution in [0.25, 0.3) is 0 Å². The normalized spacial score (nSPS) is 19.1. The monoisotopic (exact) mass is 591 g/mol. The maximum atomic E-state index is 13.1. The first kappa shape index (κ1) is 32.3. The zero-order chi connectivity index (χ0) is 30.8. The number of likely N-dealkylation sites (tertiary alicyclic amines) is 1. The highest BCUT2D eigenvalue weighted by molar-refractivity contribution is 5.94. The van der Waals surface area contributed by atoms with Gasteiger partial charge in [-0.1, -0.05) is 24.3 Å². The molecule has 0 aliphatic carbocycles. The number of ether oxygens (including phenoxy) is 4. The molecule has 1 fully saturated rings. The van der Waals surface area contributed by atoms with Crippen molar-refractivity contribution in [3.05, 3.63) is 59.2 Å². The van der Waals surface area contributed by atoms with Gasteiger partial charge >= 0.3 is 6.09 Å². The third-order valence-electron chi connectivity index (χ3n) is 7.78. The minimum Gasteiger partial charge on any atom is -0.494 e. The molecule has 2 heterocycles. The van der Waals surface area contributed by atoms with E-state index >= 15 is 0 Å². The summed E-state index contributed by atoms with van der Waals surface area (Å²) in [6.07, 6.45) is 3.74. The molecule has 2 aromatic carbocycles. The number of nitrogens with one attached hydrogen (secondary N) is 1. The lowest BCUT2D eigenvalue weighted by atomic mass is 9.86. The van der Waals surface area contributed by atoms with E-state index in [0.29, 0.717) is 45.6 Å². The van der Waals surface area contributed by atoms with Gasteiger partial charge in [-0.05, 0) is 87.8 Å².